The lowest BCUT2D eigenvalue weighted by atomic mass is 9.73. The Morgan fingerprint density at radius 1 is 0.976 bits per heavy atom. The summed E-state index contributed by atoms with van der Waals surface area (Å²) in [4.78, 5) is 12.5. The lowest BCUT2D eigenvalue weighted by Crippen LogP contribution is -2.52. The number of aryl methyl sites for hydroxylation is 1. The maximum Gasteiger partial charge on any atom is 0.435 e. The highest BCUT2D eigenvalue weighted by Crippen LogP contribution is 2.59. The Morgan fingerprint density at radius 3 is 2.10 bits per heavy atom. The molecule has 5 nitrogen and oxygen atoms in total. The molecule has 4 rings (SSSR count). The molecule has 2 aromatic rings. The molecule has 0 radical (unpaired) electrons. The summed E-state index contributed by atoms with van der Waals surface area (Å²) in [5.74, 6) is -2.22. The van der Waals surface area contributed by atoms with Crippen LogP contribution in [0.15, 0.2) is 47.4 Å². The second kappa shape index (κ2) is 9.92. The molecular formula is C27H27F8NO4S. The van der Waals surface area contributed by atoms with Crippen molar-refractivity contribution in [2.45, 2.75) is 73.2 Å². The first-order valence-corrected chi connectivity index (χ1v) is 14.1. The van der Waals surface area contributed by atoms with Gasteiger partial charge in [-0.05, 0) is 74.9 Å². The molecule has 0 heterocycles. The molecule has 1 fully saturated rings. The average molecular weight is 614 g/mol. The number of carbonyl (C=O) groups excluding carboxylic acids is 1. The third kappa shape index (κ3) is 4.70. The van der Waals surface area contributed by atoms with Crippen molar-refractivity contribution in [1.82, 2.24) is 5.32 Å². The number of fused-ring (bicyclic) bond motifs is 3. The van der Waals surface area contributed by atoms with Crippen molar-refractivity contribution >= 4 is 15.7 Å². The summed E-state index contributed by atoms with van der Waals surface area (Å²) in [6.07, 6.45) is -13.1. The number of aliphatic hydroxyl groups is 1. The fourth-order valence-electron chi connectivity index (χ4n) is 5.99. The van der Waals surface area contributed by atoms with Crippen molar-refractivity contribution in [2.24, 2.45) is 11.3 Å². The molecule has 0 aliphatic heterocycles. The molecular weight excluding hydrogens is 586 g/mol. The van der Waals surface area contributed by atoms with Gasteiger partial charge >= 0.3 is 18.0 Å². The van der Waals surface area contributed by atoms with Crippen molar-refractivity contribution in [3.05, 3.63) is 65.0 Å². The van der Waals surface area contributed by atoms with Gasteiger partial charge in [0, 0.05) is 17.5 Å². The van der Waals surface area contributed by atoms with E-state index >= 15 is 0 Å². The number of nitrogens with one attached hydrogen (secondary N) is 1. The Labute approximate surface area is 230 Å². The second-order valence-electron chi connectivity index (χ2n) is 11.2. The van der Waals surface area contributed by atoms with E-state index in [0.717, 1.165) is 30.3 Å². The second-order valence-corrected chi connectivity index (χ2v) is 13.4. The zero-order valence-corrected chi connectivity index (χ0v) is 22.7. The Kier molecular flexibility index (Phi) is 7.55. The number of amides is 1. The van der Waals surface area contributed by atoms with Crippen molar-refractivity contribution in [1.29, 1.82) is 0 Å². The minimum absolute atomic E-state index is 0.0671. The first-order chi connectivity index (χ1) is 18.7. The fraction of sp³-hybridized carbons (Fsp3) is 0.519. The van der Waals surface area contributed by atoms with Crippen LogP contribution in [0.25, 0.3) is 0 Å². The number of carbonyl (C=O) groups is 1. The average Bonchev–Trinajstić information content (AvgIpc) is 3.27. The SMILES string of the molecule is CC(C)(CO)C(=O)N[C@@H]1CC[C@@]2(S(=O)(=O)c3ccc(F)cc3)c3ccc(C(F)(C(F)(F)F)C(F)(F)F)cc3CC[C@@H]12. The molecule has 226 valence electrons. The van der Waals surface area contributed by atoms with Crippen LogP contribution in [-0.4, -0.2) is 44.4 Å². The Morgan fingerprint density at radius 2 is 1.56 bits per heavy atom. The van der Waals surface area contributed by atoms with Crippen LogP contribution < -0.4 is 5.32 Å². The van der Waals surface area contributed by atoms with Crippen molar-refractivity contribution in [3.63, 3.8) is 0 Å². The molecule has 0 saturated heterocycles. The van der Waals surface area contributed by atoms with Crippen LogP contribution >= 0.6 is 0 Å². The lowest BCUT2D eigenvalue weighted by Gasteiger charge is -2.43. The molecule has 0 unspecified atom stereocenters. The van der Waals surface area contributed by atoms with E-state index < -0.39 is 73.9 Å². The summed E-state index contributed by atoms with van der Waals surface area (Å²) in [6, 6.07) is 4.49. The zero-order valence-electron chi connectivity index (χ0n) is 21.8. The van der Waals surface area contributed by atoms with Gasteiger partial charge in [-0.3, -0.25) is 4.79 Å². The quantitative estimate of drug-likeness (QED) is 0.326. The Balaban J connectivity index is 1.91. The van der Waals surface area contributed by atoms with E-state index in [-0.39, 0.29) is 41.7 Å². The van der Waals surface area contributed by atoms with Gasteiger partial charge in [0.15, 0.2) is 9.84 Å². The number of hydrogen-bond acceptors (Lipinski definition) is 4. The fourth-order valence-corrected chi connectivity index (χ4v) is 8.46. The van der Waals surface area contributed by atoms with E-state index in [1.165, 1.54) is 13.8 Å². The van der Waals surface area contributed by atoms with Gasteiger partial charge in [-0.2, -0.15) is 26.3 Å². The number of sulfone groups is 1. The molecule has 2 aliphatic carbocycles. The van der Waals surface area contributed by atoms with Crippen LogP contribution in [-0.2, 0) is 31.5 Å². The number of rotatable bonds is 6. The number of aliphatic hydroxyl groups excluding tert-OH is 1. The van der Waals surface area contributed by atoms with Crippen LogP contribution in [0.2, 0.25) is 0 Å². The maximum absolute atomic E-state index is 14.9. The highest BCUT2D eigenvalue weighted by molar-refractivity contribution is 7.92. The van der Waals surface area contributed by atoms with Crippen molar-refractivity contribution in [2.75, 3.05) is 6.61 Å². The third-order valence-electron chi connectivity index (χ3n) is 8.31. The van der Waals surface area contributed by atoms with Gasteiger partial charge in [0.25, 0.3) is 0 Å². The predicted octanol–water partition coefficient (Wildman–Crippen LogP) is 5.64. The van der Waals surface area contributed by atoms with Gasteiger partial charge in [-0.1, -0.05) is 18.2 Å². The summed E-state index contributed by atoms with van der Waals surface area (Å²) >= 11 is 0. The van der Waals surface area contributed by atoms with E-state index in [9.17, 15) is 53.4 Å². The molecule has 3 atom stereocenters. The number of halogens is 8. The topological polar surface area (TPSA) is 83.5 Å². The Bertz CT molecular complexity index is 1420. The van der Waals surface area contributed by atoms with Crippen LogP contribution in [0.3, 0.4) is 0 Å². The predicted molar refractivity (Wildman–Crippen MR) is 130 cm³/mol. The third-order valence-corrected chi connectivity index (χ3v) is 10.9. The van der Waals surface area contributed by atoms with Crippen LogP contribution in [0.4, 0.5) is 35.1 Å². The van der Waals surface area contributed by atoms with E-state index in [2.05, 4.69) is 5.32 Å². The highest BCUT2D eigenvalue weighted by Gasteiger charge is 2.73. The summed E-state index contributed by atoms with van der Waals surface area (Å²) in [5, 5.41) is 12.3. The van der Waals surface area contributed by atoms with Gasteiger partial charge < -0.3 is 10.4 Å². The van der Waals surface area contributed by atoms with Crippen LogP contribution in [0.1, 0.15) is 49.8 Å². The van der Waals surface area contributed by atoms with E-state index in [1.807, 2.05) is 0 Å². The first kappa shape index (κ1) is 31.2. The van der Waals surface area contributed by atoms with Crippen LogP contribution in [0, 0.1) is 17.2 Å². The van der Waals surface area contributed by atoms with E-state index in [4.69, 9.17) is 0 Å². The molecule has 14 heteroatoms. The van der Waals surface area contributed by atoms with Crippen LogP contribution in [0.5, 0.6) is 0 Å². The number of benzene rings is 2. The smallest absolute Gasteiger partial charge is 0.395 e. The summed E-state index contributed by atoms with van der Waals surface area (Å²) in [7, 11) is -4.51. The van der Waals surface area contributed by atoms with Gasteiger partial charge in [0.2, 0.25) is 5.91 Å². The zero-order chi connectivity index (χ0) is 30.8. The van der Waals surface area contributed by atoms with Gasteiger partial charge in [-0.25, -0.2) is 17.2 Å². The number of hydrogen-bond donors (Lipinski definition) is 2. The number of alkyl halides is 7. The first-order valence-electron chi connectivity index (χ1n) is 12.6. The largest absolute Gasteiger partial charge is 0.435 e. The minimum atomic E-state index is -6.35. The summed E-state index contributed by atoms with van der Waals surface area (Å²) in [6.45, 7) is 2.40. The molecule has 0 bridgehead atoms. The van der Waals surface area contributed by atoms with E-state index in [1.54, 1.807) is 0 Å². The summed E-state index contributed by atoms with van der Waals surface area (Å²) in [5.41, 5.74) is -8.97. The van der Waals surface area contributed by atoms with Gasteiger partial charge in [0.05, 0.1) is 16.9 Å². The molecule has 2 aromatic carbocycles. The van der Waals surface area contributed by atoms with E-state index in [0.29, 0.717) is 12.1 Å². The van der Waals surface area contributed by atoms with Crippen molar-refractivity contribution < 1.29 is 53.4 Å². The molecule has 2 aliphatic rings. The molecule has 0 aromatic heterocycles. The highest BCUT2D eigenvalue weighted by atomic mass is 32.2. The molecule has 2 N–H and O–H groups in total. The monoisotopic (exact) mass is 613 g/mol. The molecule has 1 amide bonds. The lowest BCUT2D eigenvalue weighted by molar-refractivity contribution is -0.348. The molecule has 0 spiro atoms. The van der Waals surface area contributed by atoms with Gasteiger partial charge in [0.1, 0.15) is 10.6 Å². The minimum Gasteiger partial charge on any atom is -0.395 e. The maximum atomic E-state index is 14.9. The molecule has 41 heavy (non-hydrogen) atoms. The summed E-state index contributed by atoms with van der Waals surface area (Å²) < 4.78 is 136. The van der Waals surface area contributed by atoms with Gasteiger partial charge in [-0.15, -0.1) is 0 Å². The standard InChI is InChI=1S/C27H27F8NO4S/c1-23(2,14-37)22(38)36-21-11-12-24(41(39,40)18-7-5-17(28)6-8-18)19-10-4-16(13-15(19)3-9-20(21)24)25(29,26(30,31)32)27(33,34)35/h4-8,10,13,20-21,37H,3,9,11-12,14H2,1-2H3,(H,36,38)/t20-,21+,24+/m0/s1. The Hall–Kier alpha value is -2.74. The normalized spacial score (nSPS) is 23.6. The van der Waals surface area contributed by atoms with Crippen molar-refractivity contribution in [3.8, 4) is 0 Å². The molecule has 1 saturated carbocycles.